The smallest absolute Gasteiger partial charge is 0.124 e. The van der Waals surface area contributed by atoms with Gasteiger partial charge < -0.3 is 5.32 Å². The molecule has 0 radical (unpaired) electrons. The van der Waals surface area contributed by atoms with Gasteiger partial charge in [0.1, 0.15) is 5.82 Å². The van der Waals surface area contributed by atoms with Crippen LogP contribution in [0.2, 0.25) is 0 Å². The normalized spacial score (nSPS) is 29.2. The Morgan fingerprint density at radius 3 is 2.93 bits per heavy atom. The van der Waals surface area contributed by atoms with Gasteiger partial charge in [0.2, 0.25) is 0 Å². The van der Waals surface area contributed by atoms with E-state index in [1.807, 2.05) is 13.1 Å². The molecule has 1 saturated carbocycles. The zero-order valence-electron chi connectivity index (χ0n) is 8.98. The summed E-state index contributed by atoms with van der Waals surface area (Å²) in [4.78, 5) is 0. The van der Waals surface area contributed by atoms with Crippen LogP contribution < -0.4 is 5.32 Å². The first-order valence-electron chi connectivity index (χ1n) is 5.18. The quantitative estimate of drug-likeness (QED) is 0.891. The van der Waals surface area contributed by atoms with Gasteiger partial charge in [-0.25, -0.2) is 4.39 Å². The van der Waals surface area contributed by atoms with Crippen molar-refractivity contribution < 1.29 is 4.39 Å². The van der Waals surface area contributed by atoms with Crippen LogP contribution in [0.25, 0.3) is 0 Å². The average Bonchev–Trinajstić information content (AvgIpc) is 2.78. The molecule has 1 fully saturated rings. The fourth-order valence-corrected chi connectivity index (χ4v) is 3.08. The number of halogens is 2. The van der Waals surface area contributed by atoms with Gasteiger partial charge in [-0.15, -0.1) is 0 Å². The first-order chi connectivity index (χ1) is 7.08. The summed E-state index contributed by atoms with van der Waals surface area (Å²) in [6, 6.07) is 4.99. The molecule has 0 saturated heterocycles. The van der Waals surface area contributed by atoms with Gasteiger partial charge in [-0.3, -0.25) is 0 Å². The molecule has 0 spiro atoms. The van der Waals surface area contributed by atoms with E-state index in [4.69, 9.17) is 0 Å². The predicted molar refractivity (Wildman–Crippen MR) is 63.5 cm³/mol. The highest BCUT2D eigenvalue weighted by Crippen LogP contribution is 2.55. The molecule has 2 rings (SSSR count). The second-order valence-electron chi connectivity index (χ2n) is 4.50. The van der Waals surface area contributed by atoms with Crippen LogP contribution in [-0.4, -0.2) is 13.6 Å². The molecule has 82 valence electrons. The number of benzene rings is 1. The lowest BCUT2D eigenvalue weighted by Gasteiger charge is -2.14. The van der Waals surface area contributed by atoms with Gasteiger partial charge in [-0.05, 0) is 49.0 Å². The third-order valence-electron chi connectivity index (χ3n) is 3.41. The highest BCUT2D eigenvalue weighted by molar-refractivity contribution is 9.10. The molecule has 1 nitrogen and oxygen atoms in total. The Kier molecular flexibility index (Phi) is 2.86. The lowest BCUT2D eigenvalue weighted by Crippen LogP contribution is -2.16. The molecule has 3 heteroatoms. The maximum atomic E-state index is 13.0. The maximum absolute atomic E-state index is 13.0. The lowest BCUT2D eigenvalue weighted by atomic mass is 9.95. The van der Waals surface area contributed by atoms with Crippen LogP contribution in [-0.2, 0) is 5.41 Å². The first kappa shape index (κ1) is 11.1. The molecule has 2 atom stereocenters. The van der Waals surface area contributed by atoms with Gasteiger partial charge in [-0.1, -0.05) is 28.9 Å². The standard InChI is InChI=1S/C12H15BrFN/c1-12(6-8(12)7-15-2)10-4-3-9(14)5-11(10)13/h3-5,8,15H,6-7H2,1-2H3. The van der Waals surface area contributed by atoms with E-state index < -0.39 is 0 Å². The van der Waals surface area contributed by atoms with Crippen molar-refractivity contribution in [2.75, 3.05) is 13.6 Å². The van der Waals surface area contributed by atoms with Crippen molar-refractivity contribution in [3.63, 3.8) is 0 Å². The van der Waals surface area contributed by atoms with E-state index in [0.29, 0.717) is 5.92 Å². The van der Waals surface area contributed by atoms with Gasteiger partial charge >= 0.3 is 0 Å². The van der Waals surface area contributed by atoms with Gasteiger partial charge in [0.15, 0.2) is 0 Å². The number of nitrogens with one attached hydrogen (secondary N) is 1. The minimum Gasteiger partial charge on any atom is -0.319 e. The Morgan fingerprint density at radius 2 is 2.33 bits per heavy atom. The lowest BCUT2D eigenvalue weighted by molar-refractivity contribution is 0.605. The molecule has 1 aliphatic carbocycles. The van der Waals surface area contributed by atoms with Crippen molar-refractivity contribution in [2.24, 2.45) is 5.92 Å². The summed E-state index contributed by atoms with van der Waals surface area (Å²) in [6.07, 6.45) is 1.18. The van der Waals surface area contributed by atoms with Gasteiger partial charge in [-0.2, -0.15) is 0 Å². The second-order valence-corrected chi connectivity index (χ2v) is 5.35. The molecule has 1 aromatic rings. The van der Waals surface area contributed by atoms with Crippen molar-refractivity contribution in [3.8, 4) is 0 Å². The van der Waals surface area contributed by atoms with Crippen molar-refractivity contribution in [1.82, 2.24) is 5.32 Å². The topological polar surface area (TPSA) is 12.0 Å². The highest BCUT2D eigenvalue weighted by atomic mass is 79.9. The zero-order chi connectivity index (χ0) is 11.1. The summed E-state index contributed by atoms with van der Waals surface area (Å²) in [5.74, 6) is 0.490. The van der Waals surface area contributed by atoms with Crippen LogP contribution in [0, 0.1) is 11.7 Å². The molecule has 0 amide bonds. The molecule has 15 heavy (non-hydrogen) atoms. The number of rotatable bonds is 3. The minimum atomic E-state index is -0.181. The summed E-state index contributed by atoms with van der Waals surface area (Å²) >= 11 is 3.44. The molecule has 2 unspecified atom stereocenters. The van der Waals surface area contributed by atoms with E-state index in [9.17, 15) is 4.39 Å². The molecule has 0 aliphatic heterocycles. The van der Waals surface area contributed by atoms with Crippen molar-refractivity contribution in [1.29, 1.82) is 0 Å². The van der Waals surface area contributed by atoms with Gasteiger partial charge in [0.05, 0.1) is 0 Å². The first-order valence-corrected chi connectivity index (χ1v) is 5.97. The van der Waals surface area contributed by atoms with E-state index in [1.165, 1.54) is 12.0 Å². The summed E-state index contributed by atoms with van der Waals surface area (Å²) < 4.78 is 13.9. The average molecular weight is 272 g/mol. The number of hydrogen-bond donors (Lipinski definition) is 1. The molecular formula is C12H15BrFN. The van der Waals surface area contributed by atoms with Crippen LogP contribution in [0.3, 0.4) is 0 Å². The largest absolute Gasteiger partial charge is 0.319 e. The summed E-state index contributed by atoms with van der Waals surface area (Å²) in [5.41, 5.74) is 1.44. The molecular weight excluding hydrogens is 257 g/mol. The molecule has 0 heterocycles. The molecule has 1 aromatic carbocycles. The SMILES string of the molecule is CNCC1CC1(C)c1ccc(F)cc1Br. The maximum Gasteiger partial charge on any atom is 0.124 e. The van der Waals surface area contributed by atoms with Crippen LogP contribution in [0.4, 0.5) is 4.39 Å². The Bertz CT molecular complexity index is 380. The monoisotopic (exact) mass is 271 g/mol. The van der Waals surface area contributed by atoms with Crippen LogP contribution in [0.5, 0.6) is 0 Å². The molecule has 1 aliphatic rings. The predicted octanol–water partition coefficient (Wildman–Crippen LogP) is 3.09. The van der Waals surface area contributed by atoms with Crippen molar-refractivity contribution >= 4 is 15.9 Å². The van der Waals surface area contributed by atoms with E-state index in [-0.39, 0.29) is 11.2 Å². The van der Waals surface area contributed by atoms with Gasteiger partial charge in [0, 0.05) is 4.47 Å². The van der Waals surface area contributed by atoms with E-state index in [1.54, 1.807) is 12.1 Å². The van der Waals surface area contributed by atoms with Crippen LogP contribution >= 0.6 is 15.9 Å². The second kappa shape index (κ2) is 3.87. The summed E-state index contributed by atoms with van der Waals surface area (Å²) in [5, 5.41) is 3.20. The highest BCUT2D eigenvalue weighted by Gasteiger charge is 2.51. The third-order valence-corrected chi connectivity index (χ3v) is 4.06. The minimum absolute atomic E-state index is 0.181. The van der Waals surface area contributed by atoms with Crippen molar-refractivity contribution in [2.45, 2.75) is 18.8 Å². The van der Waals surface area contributed by atoms with E-state index in [0.717, 1.165) is 11.0 Å². The Morgan fingerprint density at radius 1 is 1.60 bits per heavy atom. The van der Waals surface area contributed by atoms with Gasteiger partial charge in [0.25, 0.3) is 0 Å². The third kappa shape index (κ3) is 1.95. The van der Waals surface area contributed by atoms with Crippen LogP contribution in [0.15, 0.2) is 22.7 Å². The molecule has 0 bridgehead atoms. The fourth-order valence-electron chi connectivity index (χ4n) is 2.28. The van der Waals surface area contributed by atoms with E-state index in [2.05, 4.69) is 28.2 Å². The Balaban J connectivity index is 2.24. The molecule has 0 aromatic heterocycles. The fraction of sp³-hybridized carbons (Fsp3) is 0.500. The Labute approximate surface area is 98.2 Å². The summed E-state index contributed by atoms with van der Waals surface area (Å²) in [7, 11) is 1.97. The Hall–Kier alpha value is -0.410. The molecule has 1 N–H and O–H groups in total. The summed E-state index contributed by atoms with van der Waals surface area (Å²) in [6.45, 7) is 3.27. The van der Waals surface area contributed by atoms with E-state index >= 15 is 0 Å². The van der Waals surface area contributed by atoms with Crippen LogP contribution in [0.1, 0.15) is 18.9 Å². The number of hydrogen-bond acceptors (Lipinski definition) is 1. The zero-order valence-corrected chi connectivity index (χ0v) is 10.6. The van der Waals surface area contributed by atoms with Crippen molar-refractivity contribution in [3.05, 3.63) is 34.1 Å².